The second-order valence-electron chi connectivity index (χ2n) is 0. The molecule has 0 aliphatic carbocycles. The Hall–Kier alpha value is 0. The van der Waals surface area contributed by atoms with Crippen LogP contribution in [-0.4, -0.2) is 0 Å². The molecule has 0 amide bonds. The van der Waals surface area contributed by atoms with Crippen LogP contribution in [0.3, 0.4) is 0 Å². The first kappa shape index (κ1) is 301. The normalized spacial score (nSPS) is 2.27. The Morgan fingerprint density at radius 3 is 0.0667 bits per heavy atom. The fraction of sp³-hybridized carbons (Fsp3) is 1.00. The fourth-order valence-electron chi connectivity index (χ4n) is 0. The molecule has 0 unspecified atom stereocenters. The first-order valence-electron chi connectivity index (χ1n) is 17.0. The van der Waals surface area contributed by atoms with E-state index in [2.05, 4.69) is 0 Å². The molecule has 0 atom stereocenters. The zero-order valence-corrected chi connectivity index (χ0v) is 34.0. The molecular weight excluding hydrogens is 540 g/mol. The zero-order valence-electron chi connectivity index (χ0n) is 34.0. The summed E-state index contributed by atoms with van der Waals surface area (Å²) in [6.07, 6.45) is 0. The summed E-state index contributed by atoms with van der Waals surface area (Å²) in [6.45, 7) is 68.0. The molecule has 326 valence electrons. The Morgan fingerprint density at radius 2 is 0.0667 bits per heavy atom. The van der Waals surface area contributed by atoms with Gasteiger partial charge in [-0.25, -0.2) is 0 Å². The minimum absolute atomic E-state index is 0. The van der Waals surface area contributed by atoms with Crippen molar-refractivity contribution in [2.75, 3.05) is 0 Å². The van der Waals surface area contributed by atoms with E-state index >= 15 is 0 Å². The van der Waals surface area contributed by atoms with E-state index in [9.17, 15) is 0 Å². The van der Waals surface area contributed by atoms with Crippen molar-refractivity contribution in [1.29, 1.82) is 0 Å². The summed E-state index contributed by atoms with van der Waals surface area (Å²) in [6, 6.07) is 0. The van der Waals surface area contributed by atoms with Gasteiger partial charge >= 0.3 is 0 Å². The van der Waals surface area contributed by atoms with Gasteiger partial charge < -0.3 is 0 Å². The lowest BCUT2D eigenvalue weighted by molar-refractivity contribution is 1.50. The lowest BCUT2D eigenvalue weighted by Crippen LogP contribution is -0.856. The van der Waals surface area contributed by atoms with Gasteiger partial charge in [0.25, 0.3) is 0 Å². The average molecular weight is 688 g/mol. The quantitative estimate of drug-likeness (QED) is 0.238. The Kier molecular flexibility index (Phi) is 0. The van der Waals surface area contributed by atoms with Gasteiger partial charge in [-0.3, -0.25) is 0 Å². The van der Waals surface area contributed by atoms with Gasteiger partial charge in [0.05, 0.1) is 0 Å². The van der Waals surface area contributed by atoms with Crippen molar-refractivity contribution >= 4 is 0 Å². The molecule has 0 heteroatoms. The number of hydrogen-bond acceptors (Lipinski definition) is 0. The van der Waals surface area contributed by atoms with E-state index < -0.39 is 0 Å². The van der Waals surface area contributed by atoms with E-state index in [1.54, 1.807) is 0 Å². The highest BCUT2D eigenvalue weighted by molar-refractivity contribution is 3.54. The maximum Gasteiger partial charge on any atom is -0.0683 e. The third kappa shape index (κ3) is 0. The number of rotatable bonds is 0. The SMILES string of the molecule is C.C.C.C.C.C.C.C.C.C.C.CC.CC.CC.CC.CC.CC.CC.CC.CC.CC.CC.CC.CC.CC.CC.CC.CC. The molecule has 45 heavy (non-hydrogen) atoms. The van der Waals surface area contributed by atoms with Crippen molar-refractivity contribution in [2.24, 2.45) is 0 Å². The molecule has 0 aromatic carbocycles. The van der Waals surface area contributed by atoms with E-state index in [0.29, 0.717) is 0 Å². The van der Waals surface area contributed by atoms with E-state index in [-0.39, 0.29) is 81.7 Å². The molecule has 0 radical (unpaired) electrons. The molecule has 0 aromatic heterocycles. The maximum atomic E-state index is 2.00. The van der Waals surface area contributed by atoms with Gasteiger partial charge in [-0.15, -0.1) is 0 Å². The summed E-state index contributed by atoms with van der Waals surface area (Å²) < 4.78 is 0. The van der Waals surface area contributed by atoms with Gasteiger partial charge in [-0.1, -0.05) is 317 Å². The molecule has 0 rings (SSSR count). The molecule has 0 aliphatic heterocycles. The van der Waals surface area contributed by atoms with Gasteiger partial charge in [0.1, 0.15) is 0 Å². The highest BCUT2D eigenvalue weighted by atomic mass is 13.0. The van der Waals surface area contributed by atoms with Crippen LogP contribution in [0.5, 0.6) is 0 Å². The van der Waals surface area contributed by atoms with Crippen molar-refractivity contribution < 1.29 is 0 Å². The lowest BCUT2D eigenvalue weighted by atomic mass is 11.0. The van der Waals surface area contributed by atoms with Crippen molar-refractivity contribution in [1.82, 2.24) is 0 Å². The molecule has 0 aliphatic rings. The van der Waals surface area contributed by atoms with Gasteiger partial charge in [-0.2, -0.15) is 0 Å². The Balaban J connectivity index is -0.00000000258. The molecule has 0 bridgehead atoms. The average Bonchev–Trinajstić information content (AvgIpc) is 3.09. The molecule has 0 saturated heterocycles. The van der Waals surface area contributed by atoms with E-state index in [1.165, 1.54) is 0 Å². The molecule has 0 fully saturated rings. The third-order valence-corrected chi connectivity index (χ3v) is 0. The maximum absolute atomic E-state index is 2.00. The topological polar surface area (TPSA) is 0 Å². The van der Waals surface area contributed by atoms with Crippen LogP contribution in [-0.2, 0) is 0 Å². The predicted molar refractivity (Wildman–Crippen MR) is 267 cm³/mol. The highest BCUT2D eigenvalue weighted by Gasteiger charge is 0.964. The van der Waals surface area contributed by atoms with Crippen LogP contribution in [0.25, 0.3) is 0 Å². The molecule has 0 aromatic rings. The van der Waals surface area contributed by atoms with Gasteiger partial charge in [0, 0.05) is 0 Å². The van der Waals surface area contributed by atoms with Crippen molar-refractivity contribution in [3.05, 3.63) is 0 Å². The van der Waals surface area contributed by atoms with Crippen LogP contribution in [0.1, 0.15) is 317 Å². The summed E-state index contributed by atoms with van der Waals surface area (Å²) in [5.41, 5.74) is 0. The summed E-state index contributed by atoms with van der Waals surface area (Å²) in [5.74, 6) is 0. The molecule has 0 heterocycles. The van der Waals surface area contributed by atoms with Gasteiger partial charge in [0.15, 0.2) is 0 Å². The fourth-order valence-corrected chi connectivity index (χ4v) is 0. The summed E-state index contributed by atoms with van der Waals surface area (Å²) in [4.78, 5) is 0. The highest BCUT2D eigenvalue weighted by Crippen LogP contribution is 1.18. The summed E-state index contributed by atoms with van der Waals surface area (Å²) in [5, 5.41) is 0. The van der Waals surface area contributed by atoms with Gasteiger partial charge in [0.2, 0.25) is 0 Å². The van der Waals surface area contributed by atoms with Crippen molar-refractivity contribution in [3.8, 4) is 0 Å². The number of hydrogen-bond donors (Lipinski definition) is 0. The monoisotopic (exact) mass is 687 g/mol. The molecule has 0 spiro atoms. The first-order valence-corrected chi connectivity index (χ1v) is 17.0. The smallest absolute Gasteiger partial charge is 0.0683 e. The van der Waals surface area contributed by atoms with E-state index in [1.807, 2.05) is 235 Å². The molecule has 0 nitrogen and oxygen atoms in total. The molecular formula is C45H146. The summed E-state index contributed by atoms with van der Waals surface area (Å²) in [7, 11) is 0. The van der Waals surface area contributed by atoms with E-state index in [0.717, 1.165) is 0 Å². The van der Waals surface area contributed by atoms with Crippen LogP contribution >= 0.6 is 0 Å². The Morgan fingerprint density at radius 1 is 0.0667 bits per heavy atom. The van der Waals surface area contributed by atoms with E-state index in [4.69, 9.17) is 0 Å². The minimum atomic E-state index is 0. The van der Waals surface area contributed by atoms with Crippen LogP contribution in [0, 0.1) is 0 Å². The summed E-state index contributed by atoms with van der Waals surface area (Å²) >= 11 is 0. The second kappa shape index (κ2) is 0. The van der Waals surface area contributed by atoms with Crippen LogP contribution < -0.4 is 0 Å². The third-order valence-electron chi connectivity index (χ3n) is 0. The van der Waals surface area contributed by atoms with Crippen LogP contribution in [0.15, 0.2) is 0 Å². The predicted octanol–water partition coefficient (Wildman–Crippen LogP) is 24.4. The standard InChI is InChI=1S/17C2H6.11CH4/c17*1-2;;;;;;;;;;;/h17*1-2H3;11*1H4. The molecule has 0 saturated carbocycles. The zero-order chi connectivity index (χ0) is 34.0. The lowest BCUT2D eigenvalue weighted by Gasteiger charge is -1.07. The van der Waals surface area contributed by atoms with Gasteiger partial charge in [-0.05, 0) is 0 Å². The van der Waals surface area contributed by atoms with Crippen LogP contribution in [0.2, 0.25) is 0 Å². The Bertz CT molecular complexity index is 0. The molecule has 0 N–H and O–H groups in total. The first-order chi connectivity index (χ1) is 17.0. The Labute approximate surface area is 316 Å². The van der Waals surface area contributed by atoms with Crippen molar-refractivity contribution in [2.45, 2.75) is 317 Å². The minimum Gasteiger partial charge on any atom is -0.0776 e. The second-order valence-corrected chi connectivity index (χ2v) is 0. The van der Waals surface area contributed by atoms with Crippen LogP contribution in [0.4, 0.5) is 0 Å². The largest absolute Gasteiger partial charge is 0.0776 e. The van der Waals surface area contributed by atoms with Crippen molar-refractivity contribution in [3.63, 3.8) is 0 Å².